The van der Waals surface area contributed by atoms with Crippen molar-refractivity contribution in [2.45, 2.75) is 24.2 Å². The third-order valence-corrected chi connectivity index (χ3v) is 5.43. The second kappa shape index (κ2) is 7.25. The summed E-state index contributed by atoms with van der Waals surface area (Å²) in [5, 5.41) is 13.4. The van der Waals surface area contributed by atoms with Crippen molar-refractivity contribution in [1.82, 2.24) is 14.8 Å². The molecule has 0 saturated heterocycles. The predicted molar refractivity (Wildman–Crippen MR) is 101 cm³/mol. The molecule has 134 valence electrons. The smallest absolute Gasteiger partial charge is 0.198 e. The molecule has 0 aliphatic carbocycles. The molecule has 27 heavy (non-hydrogen) atoms. The van der Waals surface area contributed by atoms with Crippen LogP contribution in [0.5, 0.6) is 5.75 Å². The van der Waals surface area contributed by atoms with Gasteiger partial charge in [0.2, 0.25) is 0 Å². The molecule has 7 heteroatoms. The molecule has 0 saturated carbocycles. The molecule has 0 fully saturated rings. The van der Waals surface area contributed by atoms with E-state index < -0.39 is 0 Å². The minimum absolute atomic E-state index is 0.00484. The van der Waals surface area contributed by atoms with E-state index in [0.717, 1.165) is 21.7 Å². The monoisotopic (exact) mass is 376 g/mol. The third kappa shape index (κ3) is 3.57. The van der Waals surface area contributed by atoms with Crippen LogP contribution in [0.3, 0.4) is 0 Å². The van der Waals surface area contributed by atoms with Crippen LogP contribution < -0.4 is 4.74 Å². The van der Waals surface area contributed by atoms with E-state index in [2.05, 4.69) is 29.1 Å². The highest BCUT2D eigenvalue weighted by Gasteiger charge is 2.21. The van der Waals surface area contributed by atoms with Gasteiger partial charge in [-0.3, -0.25) is 4.79 Å². The van der Waals surface area contributed by atoms with Crippen LogP contribution in [0.15, 0.2) is 53.7 Å². The summed E-state index contributed by atoms with van der Waals surface area (Å²) in [4.78, 5) is 17.0. The average molecular weight is 376 g/mol. The van der Waals surface area contributed by atoms with Crippen molar-refractivity contribution in [1.29, 1.82) is 5.26 Å². The summed E-state index contributed by atoms with van der Waals surface area (Å²) >= 11 is 1.32. The van der Waals surface area contributed by atoms with E-state index in [1.807, 2.05) is 24.4 Å². The summed E-state index contributed by atoms with van der Waals surface area (Å²) in [6.45, 7) is 2.09. The second-order valence-electron chi connectivity index (χ2n) is 6.22. The molecule has 2 aromatic heterocycles. The minimum atomic E-state index is -0.00484. The van der Waals surface area contributed by atoms with Gasteiger partial charge in [0.25, 0.3) is 0 Å². The Morgan fingerprint density at radius 1 is 1.33 bits per heavy atom. The largest absolute Gasteiger partial charge is 0.477 e. The van der Waals surface area contributed by atoms with Crippen LogP contribution in [0.4, 0.5) is 0 Å². The molecule has 0 spiro atoms. The first-order valence-electron chi connectivity index (χ1n) is 8.49. The third-order valence-electron chi connectivity index (χ3n) is 4.46. The number of carbonyl (C=O) groups is 1. The van der Waals surface area contributed by atoms with Gasteiger partial charge in [-0.1, -0.05) is 30.8 Å². The summed E-state index contributed by atoms with van der Waals surface area (Å²) in [6.07, 6.45) is 3.96. The fourth-order valence-corrected chi connectivity index (χ4v) is 3.91. The molecule has 3 heterocycles. The maximum absolute atomic E-state index is 11.6. The fraction of sp³-hybridized carbons (Fsp3) is 0.200. The van der Waals surface area contributed by atoms with Gasteiger partial charge in [0.05, 0.1) is 11.9 Å². The molecule has 3 aromatic rings. The zero-order valence-corrected chi connectivity index (χ0v) is 15.4. The van der Waals surface area contributed by atoms with E-state index in [0.29, 0.717) is 18.0 Å². The normalized spacial score (nSPS) is 13.9. The number of carbonyl (C=O) groups excluding carboxylic acids is 1. The van der Waals surface area contributed by atoms with Gasteiger partial charge in [-0.2, -0.15) is 10.4 Å². The second-order valence-corrected chi connectivity index (χ2v) is 7.32. The van der Waals surface area contributed by atoms with Gasteiger partial charge in [-0.15, -0.1) is 0 Å². The van der Waals surface area contributed by atoms with Crippen molar-refractivity contribution >= 4 is 16.9 Å². The number of aromatic nitrogens is 3. The highest BCUT2D eigenvalue weighted by molar-refractivity contribution is 8.14. The number of hydrogen-bond acceptors (Lipinski definition) is 6. The number of hydrogen-bond donors (Lipinski definition) is 0. The molecule has 0 N–H and O–H groups in total. The van der Waals surface area contributed by atoms with Gasteiger partial charge in [-0.05, 0) is 35.4 Å². The Labute approximate surface area is 160 Å². The Morgan fingerprint density at radius 2 is 2.22 bits per heavy atom. The van der Waals surface area contributed by atoms with Crippen molar-refractivity contribution in [3.63, 3.8) is 0 Å². The van der Waals surface area contributed by atoms with Crippen molar-refractivity contribution in [2.24, 2.45) is 0 Å². The first-order chi connectivity index (χ1) is 13.1. The number of rotatable bonds is 5. The zero-order valence-electron chi connectivity index (χ0n) is 14.6. The lowest BCUT2D eigenvalue weighted by Gasteiger charge is -2.11. The van der Waals surface area contributed by atoms with Crippen LogP contribution in [0.25, 0.3) is 5.82 Å². The first kappa shape index (κ1) is 17.3. The van der Waals surface area contributed by atoms with Crippen molar-refractivity contribution in [3.05, 3.63) is 65.6 Å². The molecule has 6 nitrogen and oxygen atoms in total. The Morgan fingerprint density at radius 3 is 3.00 bits per heavy atom. The number of thioether (sulfide) groups is 1. The van der Waals surface area contributed by atoms with E-state index in [4.69, 9.17) is 10.00 Å². The van der Waals surface area contributed by atoms with Gasteiger partial charge in [0.15, 0.2) is 17.5 Å². The fourth-order valence-electron chi connectivity index (χ4n) is 2.97. The Hall–Kier alpha value is -3.11. The van der Waals surface area contributed by atoms with Gasteiger partial charge in [0, 0.05) is 23.4 Å². The number of benzene rings is 1. The molecule has 1 aromatic carbocycles. The molecular weight excluding hydrogens is 360 g/mol. The van der Waals surface area contributed by atoms with Gasteiger partial charge < -0.3 is 4.74 Å². The SMILES string of the molecule is CC(c1ccc2c(c1)SC(=O)C2)c1ccn(-c2ccc(OCC#N)cn2)n1. The maximum Gasteiger partial charge on any atom is 0.198 e. The average Bonchev–Trinajstić information content (AvgIpc) is 3.31. The Balaban J connectivity index is 1.53. The number of pyridine rings is 1. The van der Waals surface area contributed by atoms with Crippen LogP contribution in [-0.2, 0) is 11.2 Å². The summed E-state index contributed by atoms with van der Waals surface area (Å²) in [7, 11) is 0. The Kier molecular flexibility index (Phi) is 4.65. The van der Waals surface area contributed by atoms with Gasteiger partial charge >= 0.3 is 0 Å². The quantitative estimate of drug-likeness (QED) is 0.678. The van der Waals surface area contributed by atoms with Crippen molar-refractivity contribution in [2.75, 3.05) is 6.61 Å². The molecule has 0 amide bonds. The van der Waals surface area contributed by atoms with E-state index in [-0.39, 0.29) is 17.6 Å². The number of nitrogens with zero attached hydrogens (tertiary/aromatic N) is 4. The van der Waals surface area contributed by atoms with Crippen LogP contribution in [0.1, 0.15) is 29.7 Å². The van der Waals surface area contributed by atoms with Gasteiger partial charge in [0.1, 0.15) is 11.8 Å². The van der Waals surface area contributed by atoms with Crippen LogP contribution in [0.2, 0.25) is 0 Å². The van der Waals surface area contributed by atoms with E-state index in [1.165, 1.54) is 11.8 Å². The zero-order chi connectivity index (χ0) is 18.8. The predicted octanol–water partition coefficient (Wildman–Crippen LogP) is 3.50. The number of nitriles is 1. The van der Waals surface area contributed by atoms with E-state index >= 15 is 0 Å². The van der Waals surface area contributed by atoms with Crippen LogP contribution >= 0.6 is 11.8 Å². The molecule has 0 bridgehead atoms. The van der Waals surface area contributed by atoms with Crippen molar-refractivity contribution < 1.29 is 9.53 Å². The lowest BCUT2D eigenvalue weighted by atomic mass is 9.96. The summed E-state index contributed by atoms with van der Waals surface area (Å²) in [5.41, 5.74) is 3.17. The highest BCUT2D eigenvalue weighted by Crippen LogP contribution is 2.35. The molecule has 1 aliphatic heterocycles. The topological polar surface area (TPSA) is 80.8 Å². The van der Waals surface area contributed by atoms with E-state index in [1.54, 1.807) is 23.0 Å². The highest BCUT2D eigenvalue weighted by atomic mass is 32.2. The molecular formula is C20H16N4O2S. The maximum atomic E-state index is 11.6. The van der Waals surface area contributed by atoms with Gasteiger partial charge in [-0.25, -0.2) is 9.67 Å². The summed E-state index contributed by atoms with van der Waals surface area (Å²) < 4.78 is 6.93. The molecule has 0 radical (unpaired) electrons. The summed E-state index contributed by atoms with van der Waals surface area (Å²) in [6, 6.07) is 13.7. The molecule has 1 atom stereocenters. The lowest BCUT2D eigenvalue weighted by Crippen LogP contribution is -2.02. The standard InChI is InChI=1S/C20H16N4O2S/c1-13(14-2-3-15-11-20(25)27-18(15)10-14)17-6-8-24(23-17)19-5-4-16(12-22-19)26-9-7-21/h2-6,8,10,12-13H,9,11H2,1H3. The molecule has 1 aliphatic rings. The number of ether oxygens (including phenoxy) is 1. The van der Waals surface area contributed by atoms with Crippen molar-refractivity contribution in [3.8, 4) is 17.6 Å². The Bertz CT molecular complexity index is 1040. The summed E-state index contributed by atoms with van der Waals surface area (Å²) in [5.74, 6) is 1.32. The molecule has 4 rings (SSSR count). The minimum Gasteiger partial charge on any atom is -0.477 e. The van der Waals surface area contributed by atoms with Crippen LogP contribution in [0, 0.1) is 11.3 Å². The van der Waals surface area contributed by atoms with Crippen LogP contribution in [-0.4, -0.2) is 26.5 Å². The first-order valence-corrected chi connectivity index (χ1v) is 9.31. The van der Waals surface area contributed by atoms with E-state index in [9.17, 15) is 4.79 Å². The number of fused-ring (bicyclic) bond motifs is 1. The molecule has 1 unspecified atom stereocenters. The lowest BCUT2D eigenvalue weighted by molar-refractivity contribution is -0.110.